The Morgan fingerprint density at radius 3 is 2.58 bits per heavy atom. The van der Waals surface area contributed by atoms with E-state index < -0.39 is 17.0 Å². The second kappa shape index (κ2) is 7.29. The molecule has 10 heteroatoms. The lowest BCUT2D eigenvalue weighted by Gasteiger charge is -2.12. The molecule has 0 saturated heterocycles. The van der Waals surface area contributed by atoms with Crippen molar-refractivity contribution < 1.29 is 18.3 Å². The molecule has 1 aliphatic heterocycles. The van der Waals surface area contributed by atoms with Gasteiger partial charge in [0.25, 0.3) is 0 Å². The van der Waals surface area contributed by atoms with Crippen molar-refractivity contribution in [1.82, 2.24) is 24.6 Å². The van der Waals surface area contributed by atoms with Crippen LogP contribution in [0.2, 0.25) is 0 Å². The van der Waals surface area contributed by atoms with E-state index in [-0.39, 0.29) is 23.9 Å². The molecule has 1 amide bonds. The van der Waals surface area contributed by atoms with Crippen molar-refractivity contribution in [3.05, 3.63) is 64.6 Å². The fraction of sp³-hybridized carbons (Fsp3) is 0.261. The summed E-state index contributed by atoms with van der Waals surface area (Å²) in [5.74, 6) is -0.548. The van der Waals surface area contributed by atoms with E-state index in [0.717, 1.165) is 5.56 Å². The number of nitrogens with zero attached hydrogens (tertiary/aromatic N) is 5. The Kier molecular flexibility index (Phi) is 4.62. The number of halogens is 2. The number of aromatic nitrogens is 5. The number of hydrogen-bond acceptors (Lipinski definition) is 6. The molecular formula is C23H20F2N6O2. The van der Waals surface area contributed by atoms with Crippen LogP contribution in [0.1, 0.15) is 36.4 Å². The van der Waals surface area contributed by atoms with Gasteiger partial charge in [-0.3, -0.25) is 9.20 Å². The van der Waals surface area contributed by atoms with Crippen molar-refractivity contribution in [2.24, 2.45) is 0 Å². The Morgan fingerprint density at radius 1 is 1.12 bits per heavy atom. The van der Waals surface area contributed by atoms with Crippen LogP contribution in [0.4, 0.5) is 14.6 Å². The Labute approximate surface area is 187 Å². The number of imidazole rings is 1. The van der Waals surface area contributed by atoms with Crippen LogP contribution >= 0.6 is 0 Å². The first-order valence-corrected chi connectivity index (χ1v) is 10.3. The number of benzene rings is 1. The highest BCUT2D eigenvalue weighted by atomic mass is 19.1. The third kappa shape index (κ3) is 3.29. The van der Waals surface area contributed by atoms with E-state index in [4.69, 9.17) is 4.74 Å². The molecule has 0 saturated carbocycles. The Balaban J connectivity index is 1.58. The average Bonchev–Trinajstić information content (AvgIpc) is 3.19. The molecule has 5 rings (SSSR count). The number of pyridine rings is 1. The summed E-state index contributed by atoms with van der Waals surface area (Å²) in [6, 6.07) is 5.42. The number of nitrogens with one attached hydrogen (secondary N) is 1. The number of rotatable bonds is 4. The topological polar surface area (TPSA) is 94.3 Å². The lowest BCUT2D eigenvalue weighted by Crippen LogP contribution is -2.27. The molecule has 1 aromatic carbocycles. The summed E-state index contributed by atoms with van der Waals surface area (Å²) in [5.41, 5.74) is 1.95. The normalized spacial score (nSPS) is 14.4. The first kappa shape index (κ1) is 20.9. The van der Waals surface area contributed by atoms with Crippen LogP contribution < -0.4 is 10.1 Å². The lowest BCUT2D eigenvalue weighted by molar-refractivity contribution is -0.119. The smallest absolute Gasteiger partial charge is 0.237 e. The maximum absolute atomic E-state index is 14.0. The molecule has 168 valence electrons. The summed E-state index contributed by atoms with van der Waals surface area (Å²) in [4.78, 5) is 21.4. The number of hydrogen-bond donors (Lipinski definition) is 1. The van der Waals surface area contributed by atoms with Gasteiger partial charge < -0.3 is 10.1 Å². The third-order valence-electron chi connectivity index (χ3n) is 5.72. The van der Waals surface area contributed by atoms with E-state index in [1.807, 2.05) is 13.1 Å². The summed E-state index contributed by atoms with van der Waals surface area (Å²) in [6.45, 7) is 6.87. The van der Waals surface area contributed by atoms with Gasteiger partial charge in [-0.25, -0.2) is 18.7 Å². The van der Waals surface area contributed by atoms with Crippen molar-refractivity contribution in [3.8, 4) is 17.3 Å². The molecule has 0 spiro atoms. The van der Waals surface area contributed by atoms with Gasteiger partial charge in [-0.05, 0) is 51.5 Å². The highest BCUT2D eigenvalue weighted by molar-refractivity contribution is 6.04. The van der Waals surface area contributed by atoms with Gasteiger partial charge in [0.05, 0.1) is 16.7 Å². The summed E-state index contributed by atoms with van der Waals surface area (Å²) < 4.78 is 35.6. The second-order valence-corrected chi connectivity index (χ2v) is 8.52. The molecule has 0 fully saturated rings. The minimum Gasteiger partial charge on any atom is -0.485 e. The molecule has 3 aromatic heterocycles. The van der Waals surface area contributed by atoms with E-state index in [9.17, 15) is 13.6 Å². The highest BCUT2D eigenvalue weighted by Crippen LogP contribution is 2.36. The number of carbonyl (C=O) groups is 1. The van der Waals surface area contributed by atoms with Gasteiger partial charge in [-0.2, -0.15) is 0 Å². The van der Waals surface area contributed by atoms with E-state index >= 15 is 0 Å². The summed E-state index contributed by atoms with van der Waals surface area (Å²) in [6.07, 6.45) is 1.83. The zero-order valence-electron chi connectivity index (χ0n) is 18.4. The summed E-state index contributed by atoms with van der Waals surface area (Å²) in [7, 11) is 0. The van der Waals surface area contributed by atoms with Crippen molar-refractivity contribution in [2.75, 3.05) is 5.32 Å². The zero-order chi connectivity index (χ0) is 23.5. The minimum atomic E-state index is -0.817. The van der Waals surface area contributed by atoms with Crippen LogP contribution in [-0.2, 0) is 16.8 Å². The van der Waals surface area contributed by atoms with Crippen molar-refractivity contribution in [1.29, 1.82) is 0 Å². The van der Waals surface area contributed by atoms with E-state index in [2.05, 4.69) is 25.5 Å². The van der Waals surface area contributed by atoms with Crippen LogP contribution in [0, 0.1) is 25.5 Å². The van der Waals surface area contributed by atoms with Gasteiger partial charge in [-0.15, -0.1) is 10.2 Å². The molecule has 1 N–H and O–H groups in total. The van der Waals surface area contributed by atoms with E-state index in [1.165, 1.54) is 18.2 Å². The molecule has 0 radical (unpaired) electrons. The predicted octanol–water partition coefficient (Wildman–Crippen LogP) is 3.89. The van der Waals surface area contributed by atoms with Gasteiger partial charge in [0.2, 0.25) is 11.7 Å². The van der Waals surface area contributed by atoms with Crippen molar-refractivity contribution >= 4 is 17.4 Å². The van der Waals surface area contributed by atoms with Gasteiger partial charge >= 0.3 is 0 Å². The maximum atomic E-state index is 14.0. The minimum absolute atomic E-state index is 0.162. The SMILES string of the molecule is Cc1cc(OCc2c(F)cccc2F)c2nc(C)c(-c3nnc4c(n3)NC(=O)C4(C)C)n2c1. The van der Waals surface area contributed by atoms with Crippen LogP contribution in [0.15, 0.2) is 30.5 Å². The van der Waals surface area contributed by atoms with Gasteiger partial charge in [0.1, 0.15) is 29.6 Å². The fourth-order valence-electron chi connectivity index (χ4n) is 3.86. The third-order valence-corrected chi connectivity index (χ3v) is 5.72. The quantitative estimate of drug-likeness (QED) is 0.507. The lowest BCUT2D eigenvalue weighted by atomic mass is 9.91. The molecule has 33 heavy (non-hydrogen) atoms. The van der Waals surface area contributed by atoms with Crippen molar-refractivity contribution in [2.45, 2.75) is 39.7 Å². The number of amides is 1. The Hall–Kier alpha value is -3.95. The molecule has 4 aromatic rings. The number of fused-ring (bicyclic) bond motifs is 2. The fourth-order valence-corrected chi connectivity index (χ4v) is 3.86. The largest absolute Gasteiger partial charge is 0.485 e. The number of carbonyl (C=O) groups excluding carboxylic acids is 1. The monoisotopic (exact) mass is 450 g/mol. The van der Waals surface area contributed by atoms with Gasteiger partial charge in [0, 0.05) is 6.20 Å². The zero-order valence-corrected chi connectivity index (χ0v) is 18.4. The Morgan fingerprint density at radius 2 is 1.85 bits per heavy atom. The van der Waals surface area contributed by atoms with Gasteiger partial charge in [-0.1, -0.05) is 6.07 Å². The highest BCUT2D eigenvalue weighted by Gasteiger charge is 2.42. The molecule has 4 heterocycles. The Bertz CT molecular complexity index is 1430. The van der Waals surface area contributed by atoms with E-state index in [0.29, 0.717) is 34.3 Å². The number of aryl methyl sites for hydroxylation is 2. The maximum Gasteiger partial charge on any atom is 0.237 e. The average molecular weight is 450 g/mol. The molecule has 0 atom stereocenters. The van der Waals surface area contributed by atoms with Gasteiger partial charge in [0.15, 0.2) is 17.2 Å². The van der Waals surface area contributed by atoms with Crippen LogP contribution in [0.3, 0.4) is 0 Å². The first-order chi connectivity index (χ1) is 15.7. The summed E-state index contributed by atoms with van der Waals surface area (Å²) >= 11 is 0. The molecule has 8 nitrogen and oxygen atoms in total. The molecule has 0 aliphatic carbocycles. The molecule has 0 bridgehead atoms. The predicted molar refractivity (Wildman–Crippen MR) is 116 cm³/mol. The molecule has 1 aliphatic rings. The van der Waals surface area contributed by atoms with Crippen LogP contribution in [0.5, 0.6) is 5.75 Å². The van der Waals surface area contributed by atoms with Crippen molar-refractivity contribution in [3.63, 3.8) is 0 Å². The van der Waals surface area contributed by atoms with E-state index in [1.54, 1.807) is 31.2 Å². The number of anilines is 1. The summed E-state index contributed by atoms with van der Waals surface area (Å²) in [5, 5.41) is 11.3. The molecule has 0 unspecified atom stereocenters. The number of ether oxygens (including phenoxy) is 1. The standard InChI is InChI=1S/C23H20F2N6O2/c1-11-8-16(33-10-13-14(24)6-5-7-15(13)25)21-26-12(2)17(31(21)9-11)19-27-20-18(29-30-19)23(3,4)22(32)28-20/h5-9H,10H2,1-4H3,(H,27,28,30,32). The van der Waals surface area contributed by atoms with Crippen LogP contribution in [-0.4, -0.2) is 30.5 Å². The first-order valence-electron chi connectivity index (χ1n) is 10.3. The molecular weight excluding hydrogens is 430 g/mol. The second-order valence-electron chi connectivity index (χ2n) is 8.52. The van der Waals surface area contributed by atoms with Crippen LogP contribution in [0.25, 0.3) is 17.2 Å².